The van der Waals surface area contributed by atoms with E-state index in [0.29, 0.717) is 6.04 Å². The number of anilines is 1. The molecule has 1 aromatic heterocycles. The second-order valence-corrected chi connectivity index (χ2v) is 5.72. The Hall–Kier alpha value is -2.24. The number of fused-ring (bicyclic) bond motifs is 1. The summed E-state index contributed by atoms with van der Waals surface area (Å²) in [6, 6.07) is 6.64. The quantitative estimate of drug-likeness (QED) is 0.889. The Kier molecular flexibility index (Phi) is 3.68. The van der Waals surface area contributed by atoms with Crippen LogP contribution in [0.1, 0.15) is 12.8 Å². The van der Waals surface area contributed by atoms with E-state index in [2.05, 4.69) is 21.6 Å². The summed E-state index contributed by atoms with van der Waals surface area (Å²) in [6.07, 6.45) is 3.76. The number of nitrogens with zero attached hydrogens (tertiary/aromatic N) is 3. The number of piperidine rings is 1. The van der Waals surface area contributed by atoms with Gasteiger partial charge in [-0.3, -0.25) is 5.10 Å². The zero-order valence-electron chi connectivity index (χ0n) is 12.5. The zero-order chi connectivity index (χ0) is 14.8. The lowest BCUT2D eigenvalue weighted by Gasteiger charge is -2.34. The number of aromatic amines is 1. The van der Waals surface area contributed by atoms with E-state index in [4.69, 9.17) is 0 Å². The number of hydrogen-bond donors (Lipinski definition) is 2. The number of aromatic nitrogens is 2. The molecule has 1 saturated heterocycles. The summed E-state index contributed by atoms with van der Waals surface area (Å²) >= 11 is 0. The predicted molar refractivity (Wildman–Crippen MR) is 83.4 cm³/mol. The monoisotopic (exact) mass is 287 g/mol. The van der Waals surface area contributed by atoms with Gasteiger partial charge in [-0.25, -0.2) is 4.79 Å². The molecule has 0 radical (unpaired) electrons. The van der Waals surface area contributed by atoms with Crippen molar-refractivity contribution in [1.82, 2.24) is 20.0 Å². The van der Waals surface area contributed by atoms with Crippen molar-refractivity contribution in [3.8, 4) is 0 Å². The SMILES string of the molecule is CN(C)C(=O)N1CCC(Nc2cccc3cn[nH]c23)CC1. The Morgan fingerprint density at radius 2 is 2.14 bits per heavy atom. The summed E-state index contributed by atoms with van der Waals surface area (Å²) in [4.78, 5) is 15.5. The average molecular weight is 287 g/mol. The maximum Gasteiger partial charge on any atom is 0.319 e. The third-order valence-corrected chi connectivity index (χ3v) is 3.98. The number of carbonyl (C=O) groups excluding carboxylic acids is 1. The lowest BCUT2D eigenvalue weighted by atomic mass is 10.0. The number of likely N-dealkylation sites (tertiary alicyclic amines) is 1. The van der Waals surface area contributed by atoms with Gasteiger partial charge in [0.05, 0.1) is 17.4 Å². The second kappa shape index (κ2) is 5.63. The van der Waals surface area contributed by atoms with Crippen molar-refractivity contribution in [1.29, 1.82) is 0 Å². The molecule has 3 rings (SSSR count). The van der Waals surface area contributed by atoms with Gasteiger partial charge >= 0.3 is 6.03 Å². The van der Waals surface area contributed by atoms with Gasteiger partial charge in [-0.1, -0.05) is 12.1 Å². The third-order valence-electron chi connectivity index (χ3n) is 3.98. The van der Waals surface area contributed by atoms with Gasteiger partial charge < -0.3 is 15.1 Å². The Bertz CT molecular complexity index is 628. The summed E-state index contributed by atoms with van der Waals surface area (Å²) in [7, 11) is 3.59. The molecule has 2 aromatic rings. The van der Waals surface area contributed by atoms with Crippen LogP contribution in [0, 0.1) is 0 Å². The van der Waals surface area contributed by atoms with Gasteiger partial charge in [0.15, 0.2) is 0 Å². The van der Waals surface area contributed by atoms with E-state index in [1.54, 1.807) is 19.0 Å². The first-order valence-corrected chi connectivity index (χ1v) is 7.30. The second-order valence-electron chi connectivity index (χ2n) is 5.72. The summed E-state index contributed by atoms with van der Waals surface area (Å²) in [6.45, 7) is 1.60. The molecule has 6 heteroatoms. The van der Waals surface area contributed by atoms with E-state index in [-0.39, 0.29) is 6.03 Å². The number of H-pyrrole nitrogens is 1. The first-order chi connectivity index (χ1) is 10.1. The van der Waals surface area contributed by atoms with E-state index in [0.717, 1.165) is 42.5 Å². The van der Waals surface area contributed by atoms with Crippen LogP contribution in [0.5, 0.6) is 0 Å². The molecule has 1 aliphatic heterocycles. The minimum atomic E-state index is 0.101. The molecule has 112 valence electrons. The molecule has 0 bridgehead atoms. The minimum absolute atomic E-state index is 0.101. The van der Waals surface area contributed by atoms with Crippen LogP contribution in [-0.4, -0.2) is 59.3 Å². The number of hydrogen-bond acceptors (Lipinski definition) is 3. The summed E-state index contributed by atoms with van der Waals surface area (Å²) in [5, 5.41) is 11.8. The molecule has 1 aromatic carbocycles. The molecule has 1 aliphatic rings. The lowest BCUT2D eigenvalue weighted by Crippen LogP contribution is -2.46. The number of rotatable bonds is 2. The molecule has 6 nitrogen and oxygen atoms in total. The summed E-state index contributed by atoms with van der Waals surface area (Å²) in [5.74, 6) is 0. The normalized spacial score (nSPS) is 16.2. The standard InChI is InChI=1S/C15H21N5O/c1-19(2)15(21)20-8-6-12(7-9-20)17-13-5-3-4-11-10-16-18-14(11)13/h3-5,10,12,17H,6-9H2,1-2H3,(H,16,18). The van der Waals surface area contributed by atoms with Gasteiger partial charge in [-0.2, -0.15) is 5.10 Å². The van der Waals surface area contributed by atoms with Crippen LogP contribution >= 0.6 is 0 Å². The van der Waals surface area contributed by atoms with Gasteiger partial charge in [0.2, 0.25) is 0 Å². The van der Waals surface area contributed by atoms with Crippen molar-refractivity contribution in [2.45, 2.75) is 18.9 Å². The Morgan fingerprint density at radius 1 is 1.38 bits per heavy atom. The van der Waals surface area contributed by atoms with Gasteiger partial charge in [0, 0.05) is 38.6 Å². The van der Waals surface area contributed by atoms with Gasteiger partial charge in [-0.05, 0) is 18.9 Å². The minimum Gasteiger partial charge on any atom is -0.380 e. The molecule has 21 heavy (non-hydrogen) atoms. The molecular formula is C15H21N5O. The number of amides is 2. The number of para-hydroxylation sites is 1. The largest absolute Gasteiger partial charge is 0.380 e. The Morgan fingerprint density at radius 3 is 2.86 bits per heavy atom. The average Bonchev–Trinajstić information content (AvgIpc) is 2.97. The summed E-state index contributed by atoms with van der Waals surface area (Å²) in [5.41, 5.74) is 2.13. The maximum atomic E-state index is 11.9. The molecular weight excluding hydrogens is 266 g/mol. The molecule has 2 N–H and O–H groups in total. The van der Waals surface area contributed by atoms with Crippen LogP contribution in [0.3, 0.4) is 0 Å². The molecule has 2 heterocycles. The molecule has 0 spiro atoms. The van der Waals surface area contributed by atoms with Crippen LogP contribution in [0.15, 0.2) is 24.4 Å². The molecule has 0 aliphatic carbocycles. The fourth-order valence-electron chi connectivity index (χ4n) is 2.81. The predicted octanol–water partition coefficient (Wildman–Crippen LogP) is 2.12. The van der Waals surface area contributed by atoms with Crippen LogP contribution in [-0.2, 0) is 0 Å². The smallest absolute Gasteiger partial charge is 0.319 e. The highest BCUT2D eigenvalue weighted by atomic mass is 16.2. The fraction of sp³-hybridized carbons (Fsp3) is 0.467. The number of carbonyl (C=O) groups is 1. The van der Waals surface area contributed by atoms with Crippen molar-refractivity contribution in [2.24, 2.45) is 0 Å². The first kappa shape index (κ1) is 13.7. The van der Waals surface area contributed by atoms with Crippen molar-refractivity contribution >= 4 is 22.6 Å². The van der Waals surface area contributed by atoms with Crippen molar-refractivity contribution in [3.05, 3.63) is 24.4 Å². The van der Waals surface area contributed by atoms with Crippen LogP contribution < -0.4 is 5.32 Å². The third kappa shape index (κ3) is 2.79. The lowest BCUT2D eigenvalue weighted by molar-refractivity contribution is 0.158. The Balaban J connectivity index is 1.63. The van der Waals surface area contributed by atoms with Crippen molar-refractivity contribution in [2.75, 3.05) is 32.5 Å². The highest BCUT2D eigenvalue weighted by molar-refractivity contribution is 5.90. The van der Waals surface area contributed by atoms with Crippen molar-refractivity contribution in [3.63, 3.8) is 0 Å². The Labute approximate surface area is 124 Å². The summed E-state index contributed by atoms with van der Waals surface area (Å²) < 4.78 is 0. The number of urea groups is 1. The molecule has 2 amide bonds. The van der Waals surface area contributed by atoms with Crippen LogP contribution in [0.25, 0.3) is 10.9 Å². The van der Waals surface area contributed by atoms with E-state index in [1.807, 2.05) is 23.2 Å². The highest BCUT2D eigenvalue weighted by Gasteiger charge is 2.23. The van der Waals surface area contributed by atoms with Gasteiger partial charge in [-0.15, -0.1) is 0 Å². The molecule has 0 atom stereocenters. The van der Waals surface area contributed by atoms with Gasteiger partial charge in [0.1, 0.15) is 0 Å². The topological polar surface area (TPSA) is 64.3 Å². The van der Waals surface area contributed by atoms with E-state index in [1.165, 1.54) is 0 Å². The van der Waals surface area contributed by atoms with Crippen molar-refractivity contribution < 1.29 is 4.79 Å². The molecule has 1 fully saturated rings. The van der Waals surface area contributed by atoms with E-state index < -0.39 is 0 Å². The molecule has 0 unspecified atom stereocenters. The van der Waals surface area contributed by atoms with E-state index in [9.17, 15) is 4.79 Å². The highest BCUT2D eigenvalue weighted by Crippen LogP contribution is 2.23. The van der Waals surface area contributed by atoms with Crippen LogP contribution in [0.2, 0.25) is 0 Å². The molecule has 0 saturated carbocycles. The number of nitrogens with one attached hydrogen (secondary N) is 2. The first-order valence-electron chi connectivity index (χ1n) is 7.30. The van der Waals surface area contributed by atoms with E-state index >= 15 is 0 Å². The zero-order valence-corrected chi connectivity index (χ0v) is 12.5. The number of benzene rings is 1. The maximum absolute atomic E-state index is 11.9. The van der Waals surface area contributed by atoms with Crippen LogP contribution in [0.4, 0.5) is 10.5 Å². The fourth-order valence-corrected chi connectivity index (χ4v) is 2.81. The van der Waals surface area contributed by atoms with Gasteiger partial charge in [0.25, 0.3) is 0 Å².